The highest BCUT2D eigenvalue weighted by Crippen LogP contribution is 2.37. The Labute approximate surface area is 193 Å². The second-order valence-electron chi connectivity index (χ2n) is 7.08. The molecule has 1 amide bonds. The third-order valence-corrected chi connectivity index (χ3v) is 5.70. The number of nitrogens with zero attached hydrogens (tertiary/aromatic N) is 4. The average molecular weight is 476 g/mol. The maximum Gasteiger partial charge on any atom is 0.387 e. The summed E-state index contributed by atoms with van der Waals surface area (Å²) in [6.45, 7) is -1.54. The van der Waals surface area contributed by atoms with E-state index >= 15 is 0 Å². The van der Waals surface area contributed by atoms with Gasteiger partial charge in [-0.15, -0.1) is 11.8 Å². The van der Waals surface area contributed by atoms with E-state index in [1.54, 1.807) is 46.5 Å². The van der Waals surface area contributed by atoms with Crippen molar-refractivity contribution in [1.29, 1.82) is 0 Å². The fraction of sp³-hybridized carbons (Fsp3) is 0.286. The maximum absolute atomic E-state index is 13.1. The van der Waals surface area contributed by atoms with Crippen LogP contribution < -0.4 is 20.8 Å². The predicted octanol–water partition coefficient (Wildman–Crippen LogP) is 2.66. The highest BCUT2D eigenvalue weighted by molar-refractivity contribution is 7.98. The minimum absolute atomic E-state index is 0.0186. The largest absolute Gasteiger partial charge is 0.434 e. The van der Waals surface area contributed by atoms with Gasteiger partial charge in [0.15, 0.2) is 5.82 Å². The number of ether oxygens (including phenoxy) is 1. The number of fused-ring (bicyclic) bond motifs is 1. The number of aromatic nitrogens is 2. The third-order valence-electron chi connectivity index (χ3n) is 4.98. The van der Waals surface area contributed by atoms with Crippen LogP contribution in [-0.4, -0.2) is 59.9 Å². The molecule has 1 aromatic carbocycles. The van der Waals surface area contributed by atoms with Gasteiger partial charge in [-0.3, -0.25) is 14.5 Å². The summed E-state index contributed by atoms with van der Waals surface area (Å²) < 4.78 is 32.6. The molecule has 0 spiro atoms. The number of nitrogens with one attached hydrogen (secondary N) is 3. The van der Waals surface area contributed by atoms with Gasteiger partial charge in [-0.1, -0.05) is 0 Å². The normalized spacial score (nSPS) is 14.9. The van der Waals surface area contributed by atoms with Crippen LogP contribution in [0.25, 0.3) is 11.3 Å². The number of allylic oxidation sites excluding steroid dienone is 1. The smallest absolute Gasteiger partial charge is 0.387 e. The Morgan fingerprint density at radius 3 is 3.00 bits per heavy atom. The fourth-order valence-corrected chi connectivity index (χ4v) is 3.86. The number of aliphatic imine (C=N–C) groups is 1. The van der Waals surface area contributed by atoms with Crippen molar-refractivity contribution in [2.24, 2.45) is 4.99 Å². The van der Waals surface area contributed by atoms with Crippen LogP contribution in [0.2, 0.25) is 0 Å². The summed E-state index contributed by atoms with van der Waals surface area (Å²) in [7, 11) is 1.81. The Balaban J connectivity index is 1.72. The summed E-state index contributed by atoms with van der Waals surface area (Å²) >= 11 is 1.46. The molecule has 0 radical (unpaired) electrons. The molecule has 2 aromatic rings. The second-order valence-corrected chi connectivity index (χ2v) is 7.96. The Morgan fingerprint density at radius 2 is 2.24 bits per heavy atom. The summed E-state index contributed by atoms with van der Waals surface area (Å²) in [5.41, 5.74) is 4.60. The van der Waals surface area contributed by atoms with Gasteiger partial charge in [0.05, 0.1) is 17.8 Å². The fourth-order valence-electron chi connectivity index (χ4n) is 3.42. The molecule has 2 aliphatic rings. The van der Waals surface area contributed by atoms with Crippen molar-refractivity contribution in [3.05, 3.63) is 48.1 Å². The molecule has 0 fully saturated rings. The maximum atomic E-state index is 13.1. The molecule has 9 nitrogen and oxygen atoms in total. The quantitative estimate of drug-likeness (QED) is 0.480. The van der Waals surface area contributed by atoms with Crippen molar-refractivity contribution in [1.82, 2.24) is 25.5 Å². The number of hydrogen-bond donors (Lipinski definition) is 3. The lowest BCUT2D eigenvalue weighted by atomic mass is 10.1. The summed E-state index contributed by atoms with van der Waals surface area (Å²) in [5.74, 6) is 0.124. The number of carbonyl (C=O) groups excluding carboxylic acids is 1. The number of amides is 1. The molecule has 0 aliphatic carbocycles. The predicted molar refractivity (Wildman–Crippen MR) is 123 cm³/mol. The van der Waals surface area contributed by atoms with Crippen LogP contribution in [0.15, 0.2) is 58.0 Å². The minimum atomic E-state index is -2.99. The van der Waals surface area contributed by atoms with Gasteiger partial charge in [0, 0.05) is 42.2 Å². The number of likely N-dealkylation sites (N-methyl/N-ethyl adjacent to an activating group) is 1. The topological polar surface area (TPSA) is 95.8 Å². The van der Waals surface area contributed by atoms with Crippen molar-refractivity contribution in [3.8, 4) is 17.0 Å². The van der Waals surface area contributed by atoms with Crippen LogP contribution in [0.5, 0.6) is 5.75 Å². The molecular formula is C21H23F2N7O2S. The monoisotopic (exact) mass is 475 g/mol. The highest BCUT2D eigenvalue weighted by Gasteiger charge is 2.28. The molecule has 2 aliphatic heterocycles. The number of thioether (sulfide) groups is 1. The number of hydrogen-bond acceptors (Lipinski definition) is 8. The first-order chi connectivity index (χ1) is 16.0. The zero-order valence-corrected chi connectivity index (χ0v) is 18.8. The van der Waals surface area contributed by atoms with Gasteiger partial charge < -0.3 is 15.4 Å². The Kier molecular flexibility index (Phi) is 7.06. The van der Waals surface area contributed by atoms with Crippen molar-refractivity contribution < 1.29 is 18.3 Å². The van der Waals surface area contributed by atoms with E-state index in [9.17, 15) is 13.6 Å². The van der Waals surface area contributed by atoms with Crippen LogP contribution in [0.4, 0.5) is 14.5 Å². The molecule has 174 valence electrons. The number of benzene rings is 1. The van der Waals surface area contributed by atoms with Gasteiger partial charge >= 0.3 is 6.61 Å². The third kappa shape index (κ3) is 5.07. The van der Waals surface area contributed by atoms with Crippen molar-refractivity contribution in [3.63, 3.8) is 0 Å². The number of carbonyl (C=O) groups is 1. The summed E-state index contributed by atoms with van der Waals surface area (Å²) in [6.07, 6.45) is 8.69. The van der Waals surface area contributed by atoms with E-state index in [1.165, 1.54) is 17.8 Å². The van der Waals surface area contributed by atoms with E-state index in [4.69, 9.17) is 4.74 Å². The average Bonchev–Trinajstić information content (AvgIpc) is 3.41. The first-order valence-electron chi connectivity index (χ1n) is 10.1. The van der Waals surface area contributed by atoms with Crippen LogP contribution in [0, 0.1) is 0 Å². The van der Waals surface area contributed by atoms with Crippen molar-refractivity contribution >= 4 is 29.6 Å². The highest BCUT2D eigenvalue weighted by atomic mass is 32.2. The lowest BCUT2D eigenvalue weighted by Crippen LogP contribution is -2.27. The van der Waals surface area contributed by atoms with Gasteiger partial charge in [0.1, 0.15) is 11.4 Å². The van der Waals surface area contributed by atoms with E-state index in [0.29, 0.717) is 48.0 Å². The Morgan fingerprint density at radius 1 is 1.39 bits per heavy atom. The van der Waals surface area contributed by atoms with Gasteiger partial charge in [-0.25, -0.2) is 10.4 Å². The molecule has 0 atom stereocenters. The molecule has 0 unspecified atom stereocenters. The van der Waals surface area contributed by atoms with Gasteiger partial charge in [0.25, 0.3) is 5.91 Å². The number of halogens is 2. The van der Waals surface area contributed by atoms with Gasteiger partial charge in [0.2, 0.25) is 0 Å². The molecule has 3 heterocycles. The summed E-state index contributed by atoms with van der Waals surface area (Å²) in [5, 5.41) is 12.2. The SMILES string of the molecule is CNCCn1cc(NC(=O)C2=C3N=CC=CN3NC2)c(-c2cc(SC)ccc2OC(F)F)n1. The van der Waals surface area contributed by atoms with Crippen molar-refractivity contribution in [2.45, 2.75) is 18.1 Å². The van der Waals surface area contributed by atoms with E-state index in [-0.39, 0.29) is 11.7 Å². The Bertz CT molecular complexity index is 1130. The number of rotatable bonds is 9. The molecular weight excluding hydrogens is 452 g/mol. The molecule has 1 aromatic heterocycles. The first-order valence-corrected chi connectivity index (χ1v) is 11.4. The van der Waals surface area contributed by atoms with E-state index < -0.39 is 6.61 Å². The van der Waals surface area contributed by atoms with Crippen molar-refractivity contribution in [2.75, 3.05) is 31.7 Å². The zero-order valence-electron chi connectivity index (χ0n) is 18.0. The van der Waals surface area contributed by atoms with Crippen LogP contribution in [0.1, 0.15) is 0 Å². The minimum Gasteiger partial charge on any atom is -0.434 e. The summed E-state index contributed by atoms with van der Waals surface area (Å²) in [6, 6.07) is 4.90. The van der Waals surface area contributed by atoms with Crippen LogP contribution in [0.3, 0.4) is 0 Å². The number of anilines is 1. The van der Waals surface area contributed by atoms with E-state index in [0.717, 1.165) is 4.90 Å². The number of alkyl halides is 2. The first kappa shape index (κ1) is 23.0. The van der Waals surface area contributed by atoms with E-state index in [1.807, 2.05) is 13.3 Å². The standard InChI is InChI=1S/C21H23F2N7O2S/c1-24-7-9-29-12-16(27-20(31)15-11-26-30-8-3-6-25-19(15)30)18(28-29)14-10-13(33-2)4-5-17(14)32-21(22)23/h3-6,8,10,12,21,24,26H,7,9,11H2,1-2H3,(H,27,31). The molecule has 12 heteroatoms. The molecule has 0 saturated heterocycles. The molecule has 4 rings (SSSR count). The molecule has 33 heavy (non-hydrogen) atoms. The molecule has 0 bridgehead atoms. The zero-order chi connectivity index (χ0) is 23.4. The van der Waals surface area contributed by atoms with Gasteiger partial charge in [-0.05, 0) is 37.6 Å². The lowest BCUT2D eigenvalue weighted by Gasteiger charge is -2.15. The van der Waals surface area contributed by atoms with Gasteiger partial charge in [-0.2, -0.15) is 13.9 Å². The molecule has 0 saturated carbocycles. The second kappa shape index (κ2) is 10.1. The van der Waals surface area contributed by atoms with Crippen LogP contribution >= 0.6 is 11.8 Å². The lowest BCUT2D eigenvalue weighted by molar-refractivity contribution is -0.112. The summed E-state index contributed by atoms with van der Waals surface area (Å²) in [4.78, 5) is 18.2. The number of hydrazine groups is 1. The van der Waals surface area contributed by atoms with Crippen LogP contribution in [-0.2, 0) is 11.3 Å². The molecule has 3 N–H and O–H groups in total. The van der Waals surface area contributed by atoms with E-state index in [2.05, 4.69) is 26.2 Å². The Hall–Kier alpha value is -3.22.